The average Bonchev–Trinajstić information content (AvgIpc) is 2.56. The van der Waals surface area contributed by atoms with Gasteiger partial charge in [-0.2, -0.15) is 0 Å². The number of ether oxygens (including phenoxy) is 1. The summed E-state index contributed by atoms with van der Waals surface area (Å²) in [6, 6.07) is 3.92. The number of allylic oxidation sites excluding steroid dienone is 1. The number of hydrogen-bond donors (Lipinski definition) is 1. The smallest absolute Gasteiger partial charge is 0.234 e. The molecule has 0 aliphatic carbocycles. The third-order valence-corrected chi connectivity index (χ3v) is 3.38. The molecule has 18 heavy (non-hydrogen) atoms. The third-order valence-electron chi connectivity index (χ3n) is 3.38. The molecular weight excluding hydrogens is 226 g/mol. The zero-order valence-corrected chi connectivity index (χ0v) is 11.3. The van der Waals surface area contributed by atoms with E-state index in [1.165, 1.54) is 0 Å². The van der Waals surface area contributed by atoms with Crippen molar-refractivity contribution in [2.45, 2.75) is 33.1 Å². The largest absolute Gasteiger partial charge is 0.489 e. The number of benzene rings is 1. The van der Waals surface area contributed by atoms with Crippen LogP contribution in [-0.2, 0) is 10.2 Å². The third kappa shape index (κ3) is 1.90. The van der Waals surface area contributed by atoms with Crippen molar-refractivity contribution in [1.29, 1.82) is 0 Å². The van der Waals surface area contributed by atoms with Crippen molar-refractivity contribution < 1.29 is 9.53 Å². The van der Waals surface area contributed by atoms with Crippen LogP contribution in [0, 0.1) is 6.92 Å². The van der Waals surface area contributed by atoms with Gasteiger partial charge >= 0.3 is 0 Å². The fourth-order valence-corrected chi connectivity index (χ4v) is 2.21. The second-order valence-electron chi connectivity index (χ2n) is 5.09. The van der Waals surface area contributed by atoms with Gasteiger partial charge in [0, 0.05) is 5.56 Å². The van der Waals surface area contributed by atoms with Crippen LogP contribution >= 0.6 is 0 Å². The Bertz CT molecular complexity index is 515. The normalized spacial score (nSPS) is 16.8. The van der Waals surface area contributed by atoms with E-state index in [1.54, 1.807) is 0 Å². The Balaban J connectivity index is 2.46. The topological polar surface area (TPSA) is 38.3 Å². The molecule has 1 N–H and O–H groups in total. The molecule has 3 heteroatoms. The van der Waals surface area contributed by atoms with Gasteiger partial charge in [0.15, 0.2) is 0 Å². The Kier molecular flexibility index (Phi) is 3.16. The monoisotopic (exact) mass is 245 g/mol. The number of carbonyl (C=O) groups is 1. The summed E-state index contributed by atoms with van der Waals surface area (Å²) in [7, 11) is 0. The van der Waals surface area contributed by atoms with E-state index in [9.17, 15) is 4.79 Å². The number of amides is 1. The van der Waals surface area contributed by atoms with Gasteiger partial charge in [0.05, 0.1) is 11.1 Å². The number of nitrogens with one attached hydrogen (secondary N) is 1. The SMILES string of the molecule is CC=CCOc1ccc(C)c2c1C(C)(C)C(=O)N2. The Labute approximate surface area is 108 Å². The highest BCUT2D eigenvalue weighted by atomic mass is 16.5. The molecular formula is C15H19NO2. The van der Waals surface area contributed by atoms with Crippen molar-refractivity contribution in [2.24, 2.45) is 0 Å². The van der Waals surface area contributed by atoms with E-state index in [0.717, 1.165) is 22.6 Å². The molecule has 0 aromatic heterocycles. The van der Waals surface area contributed by atoms with Crippen molar-refractivity contribution in [1.82, 2.24) is 0 Å². The van der Waals surface area contributed by atoms with Crippen molar-refractivity contribution in [2.75, 3.05) is 11.9 Å². The van der Waals surface area contributed by atoms with Gasteiger partial charge in [-0.05, 0) is 39.3 Å². The molecule has 0 bridgehead atoms. The Hall–Kier alpha value is -1.77. The van der Waals surface area contributed by atoms with E-state index in [1.807, 2.05) is 52.0 Å². The zero-order valence-electron chi connectivity index (χ0n) is 11.3. The Morgan fingerprint density at radius 1 is 1.39 bits per heavy atom. The van der Waals surface area contributed by atoms with E-state index in [2.05, 4.69) is 5.32 Å². The molecule has 0 atom stereocenters. The standard InChI is InChI=1S/C15H19NO2/c1-5-6-9-18-11-8-7-10(2)13-12(11)15(3,4)14(17)16-13/h5-8H,9H2,1-4H3,(H,16,17). The van der Waals surface area contributed by atoms with Crippen LogP contribution in [0.25, 0.3) is 0 Å². The minimum atomic E-state index is -0.535. The molecule has 2 rings (SSSR count). The summed E-state index contributed by atoms with van der Waals surface area (Å²) >= 11 is 0. The van der Waals surface area contributed by atoms with Crippen molar-refractivity contribution >= 4 is 11.6 Å². The van der Waals surface area contributed by atoms with E-state index in [-0.39, 0.29) is 5.91 Å². The lowest BCUT2D eigenvalue weighted by molar-refractivity contribution is -0.119. The summed E-state index contributed by atoms with van der Waals surface area (Å²) in [5.74, 6) is 0.819. The molecule has 0 saturated heterocycles. The van der Waals surface area contributed by atoms with Crippen molar-refractivity contribution in [3.8, 4) is 5.75 Å². The lowest BCUT2D eigenvalue weighted by Gasteiger charge is -2.19. The van der Waals surface area contributed by atoms with Crippen LogP contribution in [-0.4, -0.2) is 12.5 Å². The molecule has 0 unspecified atom stereocenters. The highest BCUT2D eigenvalue weighted by molar-refractivity contribution is 6.07. The van der Waals surface area contributed by atoms with Crippen LogP contribution in [0.1, 0.15) is 31.9 Å². The first-order valence-electron chi connectivity index (χ1n) is 6.18. The van der Waals surface area contributed by atoms with Gasteiger partial charge in [-0.3, -0.25) is 4.79 Å². The number of rotatable bonds is 3. The minimum Gasteiger partial charge on any atom is -0.489 e. The maximum absolute atomic E-state index is 12.0. The predicted octanol–water partition coefficient (Wildman–Crippen LogP) is 3.18. The van der Waals surface area contributed by atoms with Crippen molar-refractivity contribution in [3.05, 3.63) is 35.4 Å². The molecule has 1 aromatic rings. The van der Waals surface area contributed by atoms with Crippen LogP contribution in [0.2, 0.25) is 0 Å². The summed E-state index contributed by atoms with van der Waals surface area (Å²) in [5, 5.41) is 2.95. The highest BCUT2D eigenvalue weighted by Crippen LogP contribution is 2.44. The summed E-state index contributed by atoms with van der Waals surface area (Å²) in [6.07, 6.45) is 3.90. The van der Waals surface area contributed by atoms with Crippen LogP contribution in [0.15, 0.2) is 24.3 Å². The molecule has 3 nitrogen and oxygen atoms in total. The second-order valence-corrected chi connectivity index (χ2v) is 5.09. The number of anilines is 1. The van der Waals surface area contributed by atoms with Gasteiger partial charge in [0.2, 0.25) is 5.91 Å². The molecule has 96 valence electrons. The first kappa shape index (κ1) is 12.7. The summed E-state index contributed by atoms with van der Waals surface area (Å²) in [6.45, 7) is 8.33. The number of carbonyl (C=O) groups excluding carboxylic acids is 1. The van der Waals surface area contributed by atoms with E-state index >= 15 is 0 Å². The fourth-order valence-electron chi connectivity index (χ4n) is 2.21. The molecule has 1 aliphatic rings. The van der Waals surface area contributed by atoms with Crippen LogP contribution in [0.4, 0.5) is 5.69 Å². The maximum atomic E-state index is 12.0. The predicted molar refractivity (Wildman–Crippen MR) is 73.1 cm³/mol. The Morgan fingerprint density at radius 2 is 2.11 bits per heavy atom. The van der Waals surface area contributed by atoms with Gasteiger partial charge in [0.1, 0.15) is 12.4 Å². The first-order chi connectivity index (χ1) is 8.48. The van der Waals surface area contributed by atoms with Crippen LogP contribution in [0.3, 0.4) is 0 Å². The first-order valence-corrected chi connectivity index (χ1v) is 6.18. The molecule has 0 spiro atoms. The molecule has 1 aliphatic heterocycles. The average molecular weight is 245 g/mol. The molecule has 1 aromatic carbocycles. The minimum absolute atomic E-state index is 0.0303. The van der Waals surface area contributed by atoms with Gasteiger partial charge in [-0.25, -0.2) is 0 Å². The van der Waals surface area contributed by atoms with Crippen LogP contribution in [0.5, 0.6) is 5.75 Å². The zero-order chi connectivity index (χ0) is 13.3. The lowest BCUT2D eigenvalue weighted by atomic mass is 9.85. The fraction of sp³-hybridized carbons (Fsp3) is 0.400. The van der Waals surface area contributed by atoms with E-state index in [0.29, 0.717) is 6.61 Å². The van der Waals surface area contributed by atoms with Crippen LogP contribution < -0.4 is 10.1 Å². The second kappa shape index (κ2) is 4.48. The molecule has 1 heterocycles. The van der Waals surface area contributed by atoms with E-state index in [4.69, 9.17) is 4.74 Å². The van der Waals surface area contributed by atoms with Gasteiger partial charge in [-0.1, -0.05) is 18.2 Å². The summed E-state index contributed by atoms with van der Waals surface area (Å²) in [4.78, 5) is 12.0. The number of fused-ring (bicyclic) bond motifs is 1. The number of hydrogen-bond acceptors (Lipinski definition) is 2. The van der Waals surface area contributed by atoms with Gasteiger partial charge in [0.25, 0.3) is 0 Å². The molecule has 0 radical (unpaired) electrons. The number of aryl methyl sites for hydroxylation is 1. The summed E-state index contributed by atoms with van der Waals surface area (Å²) < 4.78 is 5.75. The quantitative estimate of drug-likeness (QED) is 0.831. The van der Waals surface area contributed by atoms with E-state index < -0.39 is 5.41 Å². The highest BCUT2D eigenvalue weighted by Gasteiger charge is 2.41. The van der Waals surface area contributed by atoms with Gasteiger partial charge in [-0.15, -0.1) is 0 Å². The van der Waals surface area contributed by atoms with Crippen molar-refractivity contribution in [3.63, 3.8) is 0 Å². The molecule has 1 amide bonds. The lowest BCUT2D eigenvalue weighted by Crippen LogP contribution is -2.27. The Morgan fingerprint density at radius 3 is 2.78 bits per heavy atom. The molecule has 0 saturated carbocycles. The van der Waals surface area contributed by atoms with Gasteiger partial charge < -0.3 is 10.1 Å². The molecule has 0 fully saturated rings. The summed E-state index contributed by atoms with van der Waals surface area (Å²) in [5.41, 5.74) is 2.41. The maximum Gasteiger partial charge on any atom is 0.234 e.